The number of guanidine groups is 1. The van der Waals surface area contributed by atoms with Gasteiger partial charge in [-0.05, 0) is 71.5 Å². The van der Waals surface area contributed by atoms with Gasteiger partial charge in [0.15, 0.2) is 5.96 Å². The van der Waals surface area contributed by atoms with Crippen molar-refractivity contribution >= 4 is 11.9 Å². The number of nitrogens with one attached hydrogen (secondary N) is 1. The second kappa shape index (κ2) is 14.5. The summed E-state index contributed by atoms with van der Waals surface area (Å²) < 4.78 is 0. The number of amides is 1. The van der Waals surface area contributed by atoms with Crippen LogP contribution in [0, 0.1) is 5.92 Å². The van der Waals surface area contributed by atoms with Gasteiger partial charge < -0.3 is 20.9 Å². The average molecular weight is 380 g/mol. The van der Waals surface area contributed by atoms with E-state index in [1.54, 1.807) is 0 Å². The molecule has 3 N–H and O–H groups in total. The quantitative estimate of drug-likeness (QED) is 0.223. The molecule has 0 aromatic heterocycles. The fraction of sp³-hybridized carbons (Fsp3) is 0.810. The van der Waals surface area contributed by atoms with Crippen LogP contribution in [-0.4, -0.2) is 68.0 Å². The van der Waals surface area contributed by atoms with E-state index in [1.165, 1.54) is 19.3 Å². The molecule has 0 aromatic rings. The number of nitrogens with zero attached hydrogens (tertiary/aromatic N) is 3. The second-order valence-corrected chi connectivity index (χ2v) is 7.52. The highest BCUT2D eigenvalue weighted by atomic mass is 16.1. The number of carbonyl (C=O) groups is 1. The summed E-state index contributed by atoms with van der Waals surface area (Å²) in [5.41, 5.74) is 5.40. The van der Waals surface area contributed by atoms with Crippen LogP contribution in [0.15, 0.2) is 17.6 Å². The Bertz CT molecular complexity index is 444. The standard InChI is InChI=1S/C21H41N5O/c1-4-6-7-8-10-15-25(3)21(23-5-2)24-14-9-11-16-26-17-12-19(13-18-26)20(22)27/h4,19H,1,5-18H2,2-3H3,(H2,22,27)(H,23,24). The number of aliphatic imine (C=N–C) groups is 1. The maximum atomic E-state index is 11.2. The van der Waals surface area contributed by atoms with Gasteiger partial charge in [-0.25, -0.2) is 0 Å². The van der Waals surface area contributed by atoms with Gasteiger partial charge in [0.1, 0.15) is 0 Å². The molecule has 1 rings (SSSR count). The van der Waals surface area contributed by atoms with Crippen molar-refractivity contribution in [2.45, 2.75) is 58.3 Å². The molecule has 6 nitrogen and oxygen atoms in total. The Morgan fingerprint density at radius 1 is 1.26 bits per heavy atom. The molecule has 6 heteroatoms. The van der Waals surface area contributed by atoms with E-state index in [9.17, 15) is 4.79 Å². The molecule has 0 saturated carbocycles. The molecule has 156 valence electrons. The number of primary amides is 1. The van der Waals surface area contributed by atoms with E-state index in [4.69, 9.17) is 10.7 Å². The summed E-state index contributed by atoms with van der Waals surface area (Å²) in [5.74, 6) is 0.967. The Morgan fingerprint density at radius 3 is 2.63 bits per heavy atom. The van der Waals surface area contributed by atoms with Gasteiger partial charge in [-0.3, -0.25) is 9.79 Å². The molecule has 1 aliphatic rings. The van der Waals surface area contributed by atoms with Crippen LogP contribution in [0.25, 0.3) is 0 Å². The third-order valence-electron chi connectivity index (χ3n) is 5.23. The molecule has 0 unspecified atom stereocenters. The van der Waals surface area contributed by atoms with E-state index < -0.39 is 0 Å². The monoisotopic (exact) mass is 379 g/mol. The lowest BCUT2D eigenvalue weighted by atomic mass is 9.96. The van der Waals surface area contributed by atoms with Crippen LogP contribution in [0.4, 0.5) is 0 Å². The molecular weight excluding hydrogens is 338 g/mol. The van der Waals surface area contributed by atoms with E-state index in [0.29, 0.717) is 0 Å². The molecule has 1 saturated heterocycles. The highest BCUT2D eigenvalue weighted by molar-refractivity contribution is 5.79. The van der Waals surface area contributed by atoms with Crippen molar-refractivity contribution in [1.29, 1.82) is 0 Å². The zero-order valence-electron chi connectivity index (χ0n) is 17.6. The number of allylic oxidation sites excluding steroid dienone is 1. The number of rotatable bonds is 13. The van der Waals surface area contributed by atoms with Gasteiger partial charge in [0.25, 0.3) is 0 Å². The van der Waals surface area contributed by atoms with Crippen LogP contribution in [0.2, 0.25) is 0 Å². The molecule has 1 aliphatic heterocycles. The third kappa shape index (κ3) is 10.4. The summed E-state index contributed by atoms with van der Waals surface area (Å²) in [7, 11) is 2.12. The SMILES string of the molecule is C=CCCCCCN(C)C(=NCCCCN1CCC(C(N)=O)CC1)NCC. The van der Waals surface area contributed by atoms with Crippen LogP contribution in [0.3, 0.4) is 0 Å². The molecule has 1 amide bonds. The van der Waals surface area contributed by atoms with E-state index in [0.717, 1.165) is 77.3 Å². The molecule has 0 aromatic carbocycles. The van der Waals surface area contributed by atoms with Gasteiger partial charge in [0.2, 0.25) is 5.91 Å². The summed E-state index contributed by atoms with van der Waals surface area (Å²) in [6.07, 6.45) is 10.8. The second-order valence-electron chi connectivity index (χ2n) is 7.52. The number of hydrogen-bond donors (Lipinski definition) is 2. The van der Waals surface area contributed by atoms with E-state index in [-0.39, 0.29) is 11.8 Å². The zero-order chi connectivity index (χ0) is 19.9. The fourth-order valence-corrected chi connectivity index (χ4v) is 3.46. The number of piperidine rings is 1. The maximum absolute atomic E-state index is 11.2. The minimum atomic E-state index is -0.134. The van der Waals surface area contributed by atoms with Crippen molar-refractivity contribution < 1.29 is 4.79 Å². The Hall–Kier alpha value is -1.56. The van der Waals surface area contributed by atoms with Crippen LogP contribution in [0.1, 0.15) is 58.3 Å². The van der Waals surface area contributed by atoms with Gasteiger partial charge in [-0.1, -0.05) is 12.5 Å². The van der Waals surface area contributed by atoms with Crippen molar-refractivity contribution in [3.05, 3.63) is 12.7 Å². The topological polar surface area (TPSA) is 74.0 Å². The molecule has 0 radical (unpaired) electrons. The molecule has 1 fully saturated rings. The van der Waals surface area contributed by atoms with Crippen molar-refractivity contribution in [2.75, 3.05) is 46.3 Å². The Balaban J connectivity index is 2.20. The van der Waals surface area contributed by atoms with E-state index in [1.807, 2.05) is 6.08 Å². The minimum Gasteiger partial charge on any atom is -0.369 e. The van der Waals surface area contributed by atoms with E-state index >= 15 is 0 Å². The van der Waals surface area contributed by atoms with Gasteiger partial charge in [-0.15, -0.1) is 6.58 Å². The zero-order valence-corrected chi connectivity index (χ0v) is 17.6. The van der Waals surface area contributed by atoms with Gasteiger partial charge in [0, 0.05) is 32.6 Å². The summed E-state index contributed by atoms with van der Waals surface area (Å²) in [5, 5.41) is 3.40. The van der Waals surface area contributed by atoms with Crippen LogP contribution in [-0.2, 0) is 4.79 Å². The third-order valence-corrected chi connectivity index (χ3v) is 5.23. The average Bonchev–Trinajstić information content (AvgIpc) is 2.67. The molecule has 0 spiro atoms. The first kappa shape index (κ1) is 23.5. The first-order valence-corrected chi connectivity index (χ1v) is 10.7. The smallest absolute Gasteiger partial charge is 0.220 e. The van der Waals surface area contributed by atoms with Crippen molar-refractivity contribution in [3.63, 3.8) is 0 Å². The van der Waals surface area contributed by atoms with Crippen molar-refractivity contribution in [2.24, 2.45) is 16.6 Å². The highest BCUT2D eigenvalue weighted by Crippen LogP contribution is 2.16. The van der Waals surface area contributed by atoms with Crippen molar-refractivity contribution in [3.8, 4) is 0 Å². The number of nitrogens with two attached hydrogens (primary N) is 1. The van der Waals surface area contributed by atoms with Crippen LogP contribution < -0.4 is 11.1 Å². The number of likely N-dealkylation sites (tertiary alicyclic amines) is 1. The maximum Gasteiger partial charge on any atom is 0.220 e. The lowest BCUT2D eigenvalue weighted by molar-refractivity contribution is -0.123. The number of unbranched alkanes of at least 4 members (excludes halogenated alkanes) is 4. The lowest BCUT2D eigenvalue weighted by Crippen LogP contribution is -2.39. The summed E-state index contributed by atoms with van der Waals surface area (Å²) in [6, 6.07) is 0. The molecule has 0 atom stereocenters. The predicted molar refractivity (Wildman–Crippen MR) is 115 cm³/mol. The summed E-state index contributed by atoms with van der Waals surface area (Å²) in [6.45, 7) is 11.8. The van der Waals surface area contributed by atoms with Gasteiger partial charge in [-0.2, -0.15) is 0 Å². The first-order chi connectivity index (χ1) is 13.1. The molecule has 1 heterocycles. The molecule has 0 bridgehead atoms. The number of hydrogen-bond acceptors (Lipinski definition) is 3. The summed E-state index contributed by atoms with van der Waals surface area (Å²) >= 11 is 0. The Labute approximate surface area is 166 Å². The number of carbonyl (C=O) groups excluding carboxylic acids is 1. The van der Waals surface area contributed by atoms with Crippen LogP contribution in [0.5, 0.6) is 0 Å². The fourth-order valence-electron chi connectivity index (χ4n) is 3.46. The Kier molecular flexibility index (Phi) is 12.6. The van der Waals surface area contributed by atoms with Crippen LogP contribution >= 0.6 is 0 Å². The Morgan fingerprint density at radius 2 is 2.00 bits per heavy atom. The van der Waals surface area contributed by atoms with Gasteiger partial charge in [0.05, 0.1) is 0 Å². The summed E-state index contributed by atoms with van der Waals surface area (Å²) in [4.78, 5) is 20.7. The largest absolute Gasteiger partial charge is 0.369 e. The van der Waals surface area contributed by atoms with E-state index in [2.05, 4.69) is 35.7 Å². The minimum absolute atomic E-state index is 0.0841. The molecular formula is C21H41N5O. The van der Waals surface area contributed by atoms with Gasteiger partial charge >= 0.3 is 0 Å². The lowest BCUT2D eigenvalue weighted by Gasteiger charge is -2.30. The van der Waals surface area contributed by atoms with Crippen molar-refractivity contribution in [1.82, 2.24) is 15.1 Å². The highest BCUT2D eigenvalue weighted by Gasteiger charge is 2.22. The first-order valence-electron chi connectivity index (χ1n) is 10.7. The predicted octanol–water partition coefficient (Wildman–Crippen LogP) is 2.61. The molecule has 0 aliphatic carbocycles. The normalized spacial score (nSPS) is 16.3. The molecule has 27 heavy (non-hydrogen) atoms.